The lowest BCUT2D eigenvalue weighted by Crippen LogP contribution is -2.40. The Balaban J connectivity index is 1.77. The van der Waals surface area contributed by atoms with Crippen molar-refractivity contribution >= 4 is 11.6 Å². The average molecular weight is 311 g/mol. The molecule has 2 saturated carbocycles. The first kappa shape index (κ1) is 15.3. The third-order valence-electron chi connectivity index (χ3n) is 5.51. The van der Waals surface area contributed by atoms with Gasteiger partial charge in [-0.2, -0.15) is 5.10 Å². The van der Waals surface area contributed by atoms with E-state index in [0.29, 0.717) is 6.04 Å². The van der Waals surface area contributed by atoms with Crippen molar-refractivity contribution in [3.63, 3.8) is 0 Å². The second-order valence-electron chi connectivity index (χ2n) is 6.54. The molecule has 2 aliphatic rings. The van der Waals surface area contributed by atoms with Crippen LogP contribution in [0.1, 0.15) is 50.9 Å². The Morgan fingerprint density at radius 3 is 2.52 bits per heavy atom. The van der Waals surface area contributed by atoms with Crippen LogP contribution in [0.3, 0.4) is 0 Å². The summed E-state index contributed by atoms with van der Waals surface area (Å²) in [6.07, 6.45) is 7.33. The van der Waals surface area contributed by atoms with Gasteiger partial charge in [-0.15, -0.1) is 0 Å². The molecule has 21 heavy (non-hydrogen) atoms. The van der Waals surface area contributed by atoms with Crippen LogP contribution in [0.2, 0.25) is 5.02 Å². The maximum Gasteiger partial charge on any atom is 0.0850 e. The summed E-state index contributed by atoms with van der Waals surface area (Å²) in [7, 11) is 0. The van der Waals surface area contributed by atoms with Crippen molar-refractivity contribution in [2.75, 3.05) is 0 Å². The van der Waals surface area contributed by atoms with Gasteiger partial charge >= 0.3 is 0 Å². The van der Waals surface area contributed by atoms with E-state index >= 15 is 0 Å². The van der Waals surface area contributed by atoms with Crippen molar-refractivity contribution in [2.24, 2.45) is 23.6 Å². The van der Waals surface area contributed by atoms with Gasteiger partial charge in [0.1, 0.15) is 0 Å². The Bertz CT molecular complexity index is 487. The number of hydrogen-bond donors (Lipinski definition) is 2. The van der Waals surface area contributed by atoms with E-state index in [4.69, 9.17) is 17.4 Å². The molecule has 0 aliphatic heterocycles. The molecule has 0 aromatic carbocycles. The Kier molecular flexibility index (Phi) is 4.57. The van der Waals surface area contributed by atoms with Crippen molar-refractivity contribution in [1.82, 2.24) is 15.2 Å². The number of nitrogens with two attached hydrogens (primary N) is 1. The number of hydrazine groups is 1. The van der Waals surface area contributed by atoms with Gasteiger partial charge in [-0.25, -0.2) is 0 Å². The Hall–Kier alpha value is -0.580. The summed E-state index contributed by atoms with van der Waals surface area (Å²) >= 11 is 6.54. The third kappa shape index (κ3) is 2.73. The number of rotatable bonds is 6. The van der Waals surface area contributed by atoms with Crippen molar-refractivity contribution < 1.29 is 0 Å². The van der Waals surface area contributed by atoms with Crippen molar-refractivity contribution in [2.45, 2.75) is 65.0 Å². The molecule has 118 valence electrons. The van der Waals surface area contributed by atoms with Gasteiger partial charge in [0.25, 0.3) is 0 Å². The number of aryl methyl sites for hydroxylation is 2. The average Bonchev–Trinajstić information content (AvgIpc) is 3.16. The summed E-state index contributed by atoms with van der Waals surface area (Å²) in [5.74, 6) is 8.39. The molecule has 2 fully saturated rings. The number of halogens is 1. The minimum absolute atomic E-state index is 0.335. The Morgan fingerprint density at radius 2 is 2.00 bits per heavy atom. The lowest BCUT2D eigenvalue weighted by Gasteiger charge is -2.17. The molecule has 0 spiro atoms. The fourth-order valence-electron chi connectivity index (χ4n) is 4.37. The summed E-state index contributed by atoms with van der Waals surface area (Å²) < 4.78 is 2.05. The number of fused-ring (bicyclic) bond motifs is 1. The second kappa shape index (κ2) is 6.27. The predicted octanol–water partition coefficient (Wildman–Crippen LogP) is 2.93. The van der Waals surface area contributed by atoms with Gasteiger partial charge in [0.05, 0.1) is 16.4 Å². The van der Waals surface area contributed by atoms with Crippen molar-refractivity contribution in [3.8, 4) is 0 Å². The zero-order valence-corrected chi connectivity index (χ0v) is 13.9. The molecule has 0 radical (unpaired) electrons. The summed E-state index contributed by atoms with van der Waals surface area (Å²) in [4.78, 5) is 0. The molecule has 5 heteroatoms. The first-order valence-corrected chi connectivity index (χ1v) is 8.79. The molecular formula is C16H27ClN4. The first-order valence-electron chi connectivity index (χ1n) is 8.41. The highest BCUT2D eigenvalue weighted by Gasteiger charge is 2.53. The van der Waals surface area contributed by atoms with Crippen LogP contribution in [0.4, 0.5) is 0 Å². The van der Waals surface area contributed by atoms with E-state index in [2.05, 4.69) is 29.1 Å². The highest BCUT2D eigenvalue weighted by Crippen LogP contribution is 2.57. The molecule has 0 amide bonds. The van der Waals surface area contributed by atoms with Crippen LogP contribution in [0, 0.1) is 17.8 Å². The molecule has 3 N–H and O–H groups in total. The molecule has 1 aromatic heterocycles. The zero-order chi connectivity index (χ0) is 15.0. The van der Waals surface area contributed by atoms with E-state index in [9.17, 15) is 0 Å². The number of aromatic nitrogens is 2. The van der Waals surface area contributed by atoms with Gasteiger partial charge in [-0.3, -0.25) is 16.0 Å². The second-order valence-corrected chi connectivity index (χ2v) is 6.92. The Labute approximate surface area is 132 Å². The standard InChI is InChI=1S/C16H27ClN4/c1-3-12-16(17)14(21(4-2)20-12)9-13(19-18)15-10-7-5-6-8-11(10)15/h10-11,13,15,19H,3-9,18H2,1-2H3. The van der Waals surface area contributed by atoms with Gasteiger partial charge in [-0.1, -0.05) is 31.4 Å². The molecule has 1 heterocycles. The fraction of sp³-hybridized carbons (Fsp3) is 0.812. The van der Waals surface area contributed by atoms with E-state index in [-0.39, 0.29) is 0 Å². The van der Waals surface area contributed by atoms with E-state index in [1.807, 2.05) is 0 Å². The fourth-order valence-corrected chi connectivity index (χ4v) is 4.72. The van der Waals surface area contributed by atoms with Crippen LogP contribution in [-0.4, -0.2) is 15.8 Å². The molecule has 3 rings (SSSR count). The summed E-state index contributed by atoms with van der Waals surface area (Å²) in [6, 6.07) is 0.335. The molecule has 0 bridgehead atoms. The quantitative estimate of drug-likeness (QED) is 0.627. The van der Waals surface area contributed by atoms with E-state index in [0.717, 1.165) is 53.6 Å². The maximum atomic E-state index is 6.54. The van der Waals surface area contributed by atoms with E-state index in [1.54, 1.807) is 0 Å². The summed E-state index contributed by atoms with van der Waals surface area (Å²) in [5.41, 5.74) is 5.24. The van der Waals surface area contributed by atoms with Crippen LogP contribution < -0.4 is 11.3 Å². The monoisotopic (exact) mass is 310 g/mol. The largest absolute Gasteiger partial charge is 0.271 e. The lowest BCUT2D eigenvalue weighted by atomic mass is 10.0. The van der Waals surface area contributed by atoms with Gasteiger partial charge in [0, 0.05) is 19.0 Å². The lowest BCUT2D eigenvalue weighted by molar-refractivity contribution is 0.424. The number of nitrogens with one attached hydrogen (secondary N) is 1. The molecule has 1 aromatic rings. The topological polar surface area (TPSA) is 55.9 Å². The van der Waals surface area contributed by atoms with Gasteiger partial charge in [-0.05, 0) is 43.9 Å². The molecule has 3 atom stereocenters. The highest BCUT2D eigenvalue weighted by atomic mass is 35.5. The first-order chi connectivity index (χ1) is 10.2. The third-order valence-corrected chi connectivity index (χ3v) is 5.95. The maximum absolute atomic E-state index is 6.54. The minimum atomic E-state index is 0.335. The van der Waals surface area contributed by atoms with Crippen LogP contribution in [-0.2, 0) is 19.4 Å². The summed E-state index contributed by atoms with van der Waals surface area (Å²) in [6.45, 7) is 5.09. The van der Waals surface area contributed by atoms with Crippen molar-refractivity contribution in [3.05, 3.63) is 16.4 Å². The van der Waals surface area contributed by atoms with Crippen LogP contribution in [0.5, 0.6) is 0 Å². The predicted molar refractivity (Wildman–Crippen MR) is 86.0 cm³/mol. The van der Waals surface area contributed by atoms with Crippen LogP contribution >= 0.6 is 11.6 Å². The Morgan fingerprint density at radius 1 is 1.33 bits per heavy atom. The molecular weight excluding hydrogens is 284 g/mol. The highest BCUT2D eigenvalue weighted by molar-refractivity contribution is 6.31. The SMILES string of the molecule is CCc1nn(CC)c(CC(NN)C2C3CCCCC32)c1Cl. The number of nitrogens with zero attached hydrogens (tertiary/aromatic N) is 2. The van der Waals surface area contributed by atoms with Gasteiger partial charge < -0.3 is 0 Å². The molecule has 4 nitrogen and oxygen atoms in total. The molecule has 0 saturated heterocycles. The van der Waals surface area contributed by atoms with Crippen LogP contribution in [0.15, 0.2) is 0 Å². The van der Waals surface area contributed by atoms with Gasteiger partial charge in [0.2, 0.25) is 0 Å². The molecule has 2 aliphatic carbocycles. The van der Waals surface area contributed by atoms with E-state index < -0.39 is 0 Å². The van der Waals surface area contributed by atoms with E-state index in [1.165, 1.54) is 25.7 Å². The minimum Gasteiger partial charge on any atom is -0.271 e. The number of hydrogen-bond acceptors (Lipinski definition) is 3. The zero-order valence-electron chi connectivity index (χ0n) is 13.1. The van der Waals surface area contributed by atoms with Gasteiger partial charge in [0.15, 0.2) is 0 Å². The molecule has 3 unspecified atom stereocenters. The van der Waals surface area contributed by atoms with Crippen molar-refractivity contribution in [1.29, 1.82) is 0 Å². The van der Waals surface area contributed by atoms with Crippen LogP contribution in [0.25, 0.3) is 0 Å². The smallest absolute Gasteiger partial charge is 0.0850 e. The summed E-state index contributed by atoms with van der Waals surface area (Å²) in [5, 5.41) is 5.47. The normalized spacial score (nSPS) is 29.2.